The van der Waals surface area contributed by atoms with Crippen LogP contribution in [0.3, 0.4) is 0 Å². The summed E-state index contributed by atoms with van der Waals surface area (Å²) in [6.07, 6.45) is 4.53. The number of ether oxygens (including phenoxy) is 3. The molecule has 1 amide bonds. The SMILES string of the molecule is COc1cc(C(=O)NC2C3CC2CN(Cc2ccccc2)C3)ccc1-c1cc2nccc(-c3ccc(OC4CCOCC4)c(C#N)c3)c2o1. The van der Waals surface area contributed by atoms with E-state index in [0.29, 0.717) is 64.5 Å². The molecule has 3 aromatic carbocycles. The van der Waals surface area contributed by atoms with E-state index in [-0.39, 0.29) is 18.1 Å². The second kappa shape index (κ2) is 13.4. The number of nitrogens with zero attached hydrogens (tertiary/aromatic N) is 3. The summed E-state index contributed by atoms with van der Waals surface area (Å²) >= 11 is 0. The second-order valence-corrected chi connectivity index (χ2v) is 13.3. The summed E-state index contributed by atoms with van der Waals surface area (Å²) in [5, 5.41) is 13.3. The summed E-state index contributed by atoms with van der Waals surface area (Å²) < 4.78 is 23.8. The van der Waals surface area contributed by atoms with Crippen LogP contribution in [0.15, 0.2) is 89.5 Å². The number of methoxy groups -OCH3 is 1. The molecule has 9 heteroatoms. The highest BCUT2D eigenvalue weighted by molar-refractivity contribution is 5.97. The van der Waals surface area contributed by atoms with Crippen molar-refractivity contribution in [3.63, 3.8) is 0 Å². The lowest BCUT2D eigenvalue weighted by Gasteiger charge is -2.53. The number of benzene rings is 3. The Morgan fingerprint density at radius 3 is 2.57 bits per heavy atom. The molecule has 49 heavy (non-hydrogen) atoms. The van der Waals surface area contributed by atoms with Crippen molar-refractivity contribution in [3.8, 4) is 40.0 Å². The van der Waals surface area contributed by atoms with Crippen molar-refractivity contribution < 1.29 is 23.4 Å². The number of furan rings is 1. The molecular formula is C40H38N4O5. The lowest BCUT2D eigenvalue weighted by atomic mass is 9.66. The van der Waals surface area contributed by atoms with E-state index in [9.17, 15) is 10.1 Å². The van der Waals surface area contributed by atoms with Gasteiger partial charge < -0.3 is 23.9 Å². The molecule has 2 atom stereocenters. The molecule has 1 N–H and O–H groups in total. The molecule has 0 spiro atoms. The second-order valence-electron chi connectivity index (χ2n) is 13.3. The minimum atomic E-state index is -0.0906. The minimum absolute atomic E-state index is 0.0356. The molecule has 248 valence electrons. The van der Waals surface area contributed by atoms with E-state index in [4.69, 9.17) is 18.6 Å². The molecule has 0 radical (unpaired) electrons. The molecule has 4 fully saturated rings. The van der Waals surface area contributed by atoms with Crippen LogP contribution in [0.1, 0.15) is 40.7 Å². The first-order valence-corrected chi connectivity index (χ1v) is 17.0. The van der Waals surface area contributed by atoms with Gasteiger partial charge in [-0.2, -0.15) is 5.26 Å². The lowest BCUT2D eigenvalue weighted by molar-refractivity contribution is -0.0162. The molecule has 1 aliphatic carbocycles. The summed E-state index contributed by atoms with van der Waals surface area (Å²) in [6, 6.07) is 27.9. The van der Waals surface area contributed by atoms with E-state index < -0.39 is 0 Å². The van der Waals surface area contributed by atoms with Crippen LogP contribution in [0.4, 0.5) is 0 Å². The van der Waals surface area contributed by atoms with E-state index in [1.165, 1.54) is 5.56 Å². The predicted octanol–water partition coefficient (Wildman–Crippen LogP) is 6.85. The number of fused-ring (bicyclic) bond motifs is 3. The Morgan fingerprint density at radius 1 is 0.980 bits per heavy atom. The van der Waals surface area contributed by atoms with Gasteiger partial charge in [0.15, 0.2) is 5.58 Å². The van der Waals surface area contributed by atoms with Crippen LogP contribution in [-0.4, -0.2) is 61.3 Å². The number of aromatic nitrogens is 1. The molecule has 5 heterocycles. The summed E-state index contributed by atoms with van der Waals surface area (Å²) in [5.74, 6) is 2.52. The fourth-order valence-electron chi connectivity index (χ4n) is 7.62. The van der Waals surface area contributed by atoms with Crippen molar-refractivity contribution in [3.05, 3.63) is 102 Å². The molecule has 2 bridgehead atoms. The van der Waals surface area contributed by atoms with Crippen molar-refractivity contribution in [1.29, 1.82) is 5.26 Å². The van der Waals surface area contributed by atoms with Crippen LogP contribution in [0.2, 0.25) is 0 Å². The average molecular weight is 655 g/mol. The Kier molecular flexibility index (Phi) is 8.50. The molecule has 3 saturated heterocycles. The number of piperidine rings is 2. The van der Waals surface area contributed by atoms with Gasteiger partial charge in [-0.1, -0.05) is 36.4 Å². The number of carbonyl (C=O) groups is 1. The van der Waals surface area contributed by atoms with E-state index in [1.807, 2.05) is 48.5 Å². The van der Waals surface area contributed by atoms with Crippen molar-refractivity contribution in [1.82, 2.24) is 15.2 Å². The van der Waals surface area contributed by atoms with Crippen LogP contribution in [0, 0.1) is 23.2 Å². The van der Waals surface area contributed by atoms with E-state index in [2.05, 4.69) is 45.5 Å². The van der Waals surface area contributed by atoms with E-state index >= 15 is 0 Å². The highest BCUT2D eigenvalue weighted by atomic mass is 16.5. The smallest absolute Gasteiger partial charge is 0.251 e. The van der Waals surface area contributed by atoms with Gasteiger partial charge in [-0.25, -0.2) is 0 Å². The van der Waals surface area contributed by atoms with Gasteiger partial charge in [0.25, 0.3) is 5.91 Å². The fourth-order valence-corrected chi connectivity index (χ4v) is 7.62. The number of rotatable bonds is 9. The molecule has 1 saturated carbocycles. The molecule has 2 aromatic heterocycles. The van der Waals surface area contributed by atoms with Gasteiger partial charge in [0.1, 0.15) is 34.9 Å². The summed E-state index contributed by atoms with van der Waals surface area (Å²) in [4.78, 5) is 20.5. The monoisotopic (exact) mass is 654 g/mol. The molecule has 9 rings (SSSR count). The summed E-state index contributed by atoms with van der Waals surface area (Å²) in [7, 11) is 1.60. The van der Waals surface area contributed by atoms with Gasteiger partial charge >= 0.3 is 0 Å². The quantitative estimate of drug-likeness (QED) is 0.184. The zero-order valence-corrected chi connectivity index (χ0v) is 27.4. The van der Waals surface area contributed by atoms with Crippen molar-refractivity contribution in [2.75, 3.05) is 33.4 Å². The van der Waals surface area contributed by atoms with Gasteiger partial charge in [0.05, 0.1) is 31.5 Å². The van der Waals surface area contributed by atoms with Gasteiger partial charge in [0.2, 0.25) is 0 Å². The van der Waals surface area contributed by atoms with E-state index in [1.54, 1.807) is 19.4 Å². The lowest BCUT2D eigenvalue weighted by Crippen LogP contribution is -2.64. The van der Waals surface area contributed by atoms with Crippen LogP contribution < -0.4 is 14.8 Å². The van der Waals surface area contributed by atoms with Crippen LogP contribution >= 0.6 is 0 Å². The van der Waals surface area contributed by atoms with Crippen molar-refractivity contribution in [2.24, 2.45) is 11.8 Å². The number of pyridine rings is 1. The first-order chi connectivity index (χ1) is 24.1. The third kappa shape index (κ3) is 6.26. The predicted molar refractivity (Wildman–Crippen MR) is 185 cm³/mol. The maximum atomic E-state index is 13.4. The van der Waals surface area contributed by atoms with Crippen molar-refractivity contribution >= 4 is 17.0 Å². The highest BCUT2D eigenvalue weighted by Crippen LogP contribution is 2.42. The average Bonchev–Trinajstić information content (AvgIpc) is 3.59. The summed E-state index contributed by atoms with van der Waals surface area (Å²) in [6.45, 7) is 4.26. The normalized spacial score (nSPS) is 20.7. The Hall–Kier alpha value is -5.17. The minimum Gasteiger partial charge on any atom is -0.496 e. The summed E-state index contributed by atoms with van der Waals surface area (Å²) in [5.41, 5.74) is 5.97. The molecular weight excluding hydrogens is 616 g/mol. The third-order valence-corrected chi connectivity index (χ3v) is 10.2. The highest BCUT2D eigenvalue weighted by Gasteiger charge is 2.47. The maximum Gasteiger partial charge on any atom is 0.251 e. The third-order valence-electron chi connectivity index (χ3n) is 10.2. The number of hydrogen-bond acceptors (Lipinski definition) is 8. The topological polar surface area (TPSA) is 110 Å². The Bertz CT molecular complexity index is 2020. The first kappa shape index (κ1) is 31.1. The van der Waals surface area contributed by atoms with Crippen molar-refractivity contribution in [2.45, 2.75) is 38.0 Å². The Morgan fingerprint density at radius 2 is 1.80 bits per heavy atom. The zero-order chi connectivity index (χ0) is 33.3. The molecule has 2 unspecified atom stereocenters. The van der Waals surface area contributed by atoms with Crippen LogP contribution in [-0.2, 0) is 11.3 Å². The largest absolute Gasteiger partial charge is 0.496 e. The van der Waals surface area contributed by atoms with Gasteiger partial charge in [0, 0.05) is 61.9 Å². The number of hydrogen-bond donors (Lipinski definition) is 1. The molecule has 9 nitrogen and oxygen atoms in total. The van der Waals surface area contributed by atoms with E-state index in [0.717, 1.165) is 55.6 Å². The molecule has 5 aromatic rings. The van der Waals surface area contributed by atoms with Crippen LogP contribution in [0.25, 0.3) is 33.6 Å². The number of carbonyl (C=O) groups excluding carboxylic acids is 1. The molecule has 4 aliphatic rings. The number of nitrogens with one attached hydrogen (secondary N) is 1. The number of nitriles is 1. The maximum absolute atomic E-state index is 13.4. The fraction of sp³-hybridized carbons (Fsp3) is 0.325. The Balaban J connectivity index is 0.985. The molecule has 3 aliphatic heterocycles. The zero-order valence-electron chi connectivity index (χ0n) is 27.4. The van der Waals surface area contributed by atoms with Gasteiger partial charge in [-0.05, 0) is 65.8 Å². The van der Waals surface area contributed by atoms with Gasteiger partial charge in [-0.15, -0.1) is 0 Å². The first-order valence-electron chi connectivity index (χ1n) is 17.0. The standard InChI is InChI=1S/C40H38N4O5/c1-46-36-19-27(40(45)43-38-29-18-30(38)24-44(23-29)22-25-5-3-2-4-6-25)7-9-33(36)37-20-34-39(49-37)32(11-14-42-34)26-8-10-35(28(17-26)21-41)48-31-12-15-47-16-13-31/h2-11,14,17,19-20,29-31,38H,12-13,15-16,18,22-24H2,1H3,(H,43,45). The number of amides is 1. The van der Waals surface area contributed by atoms with Gasteiger partial charge in [-0.3, -0.25) is 14.7 Å². The van der Waals surface area contributed by atoms with Crippen LogP contribution in [0.5, 0.6) is 11.5 Å². The Labute approximate surface area is 285 Å².